The lowest BCUT2D eigenvalue weighted by Crippen LogP contribution is -2.35. The maximum Gasteiger partial charge on any atom is 0.226 e. The number of methoxy groups -OCH3 is 1. The lowest BCUT2D eigenvalue weighted by molar-refractivity contribution is -0.129. The third kappa shape index (κ3) is 6.61. The molecule has 150 valence electrons. The van der Waals surface area contributed by atoms with E-state index in [9.17, 15) is 9.59 Å². The van der Waals surface area contributed by atoms with Gasteiger partial charge in [0.2, 0.25) is 11.8 Å². The number of amides is 2. The zero-order chi connectivity index (χ0) is 20.4. The van der Waals surface area contributed by atoms with Crippen molar-refractivity contribution in [1.29, 1.82) is 0 Å². The van der Waals surface area contributed by atoms with Crippen LogP contribution in [0.25, 0.3) is 0 Å². The molecule has 0 unspecified atom stereocenters. The van der Waals surface area contributed by atoms with Gasteiger partial charge in [-0.2, -0.15) is 0 Å². The Balaban J connectivity index is 1.80. The standard InChI is InChI=1S/C22H28N2O4/c1-4-18-7-5-6-8-21(18)23-22(26)13-14-24(17(2)25)15-16-28-20-11-9-19(27-3)10-12-20/h5-12H,4,13-16H2,1-3H3,(H,23,26). The van der Waals surface area contributed by atoms with Crippen LogP contribution in [-0.4, -0.2) is 43.5 Å². The molecule has 0 radical (unpaired) electrons. The van der Waals surface area contributed by atoms with Gasteiger partial charge < -0.3 is 19.7 Å². The number of carbonyl (C=O) groups excluding carboxylic acids is 2. The lowest BCUT2D eigenvalue weighted by atomic mass is 10.1. The summed E-state index contributed by atoms with van der Waals surface area (Å²) < 4.78 is 10.8. The molecule has 0 aliphatic carbocycles. The van der Waals surface area contributed by atoms with Crippen LogP contribution in [0.3, 0.4) is 0 Å². The lowest BCUT2D eigenvalue weighted by Gasteiger charge is -2.21. The van der Waals surface area contributed by atoms with Crippen LogP contribution in [0.2, 0.25) is 0 Å². The number of anilines is 1. The molecule has 0 spiro atoms. The second-order valence-electron chi connectivity index (χ2n) is 6.34. The van der Waals surface area contributed by atoms with E-state index >= 15 is 0 Å². The highest BCUT2D eigenvalue weighted by Crippen LogP contribution is 2.17. The summed E-state index contributed by atoms with van der Waals surface area (Å²) in [7, 11) is 1.61. The fourth-order valence-corrected chi connectivity index (χ4v) is 2.77. The summed E-state index contributed by atoms with van der Waals surface area (Å²) >= 11 is 0. The quantitative estimate of drug-likeness (QED) is 0.681. The van der Waals surface area contributed by atoms with Gasteiger partial charge in [0.15, 0.2) is 0 Å². The van der Waals surface area contributed by atoms with Crippen LogP contribution in [-0.2, 0) is 16.0 Å². The highest BCUT2D eigenvalue weighted by atomic mass is 16.5. The Kier molecular flexibility index (Phi) is 8.34. The number of ether oxygens (including phenoxy) is 2. The van der Waals surface area contributed by atoms with E-state index in [1.807, 2.05) is 55.5 Å². The van der Waals surface area contributed by atoms with Gasteiger partial charge in [-0.25, -0.2) is 0 Å². The van der Waals surface area contributed by atoms with Crippen molar-refractivity contribution < 1.29 is 19.1 Å². The molecule has 2 amide bonds. The van der Waals surface area contributed by atoms with Crippen molar-refractivity contribution in [1.82, 2.24) is 4.90 Å². The molecule has 2 rings (SSSR count). The molecule has 0 saturated carbocycles. The number of rotatable bonds is 10. The van der Waals surface area contributed by atoms with E-state index in [0.717, 1.165) is 23.4 Å². The fourth-order valence-electron chi connectivity index (χ4n) is 2.77. The summed E-state index contributed by atoms with van der Waals surface area (Å²) in [5, 5.41) is 2.93. The largest absolute Gasteiger partial charge is 0.497 e. The minimum Gasteiger partial charge on any atom is -0.497 e. The number of nitrogens with zero attached hydrogens (tertiary/aromatic N) is 1. The van der Waals surface area contributed by atoms with Crippen molar-refractivity contribution in [2.45, 2.75) is 26.7 Å². The zero-order valence-corrected chi connectivity index (χ0v) is 16.7. The minimum atomic E-state index is -0.108. The number of hydrogen-bond acceptors (Lipinski definition) is 4. The maximum absolute atomic E-state index is 12.3. The van der Waals surface area contributed by atoms with Crippen LogP contribution in [0.4, 0.5) is 5.69 Å². The average molecular weight is 384 g/mol. The Morgan fingerprint density at radius 2 is 1.68 bits per heavy atom. The van der Waals surface area contributed by atoms with E-state index in [0.29, 0.717) is 25.4 Å². The highest BCUT2D eigenvalue weighted by Gasteiger charge is 2.12. The summed E-state index contributed by atoms with van der Waals surface area (Å²) in [5.74, 6) is 1.27. The van der Waals surface area contributed by atoms with E-state index in [2.05, 4.69) is 5.32 Å². The summed E-state index contributed by atoms with van der Waals surface area (Å²) in [6.45, 7) is 4.66. The number of hydrogen-bond donors (Lipinski definition) is 1. The number of aryl methyl sites for hydroxylation is 1. The summed E-state index contributed by atoms with van der Waals surface area (Å²) in [6.07, 6.45) is 1.08. The van der Waals surface area contributed by atoms with Crippen molar-refractivity contribution in [2.24, 2.45) is 0 Å². The molecule has 0 atom stereocenters. The first kappa shape index (κ1) is 21.3. The molecule has 6 heteroatoms. The highest BCUT2D eigenvalue weighted by molar-refractivity contribution is 5.91. The Hall–Kier alpha value is -3.02. The molecule has 0 saturated heterocycles. The Bertz CT molecular complexity index is 774. The molecule has 0 heterocycles. The van der Waals surface area contributed by atoms with Crippen molar-refractivity contribution in [2.75, 3.05) is 32.1 Å². The van der Waals surface area contributed by atoms with Crippen LogP contribution in [0.5, 0.6) is 11.5 Å². The smallest absolute Gasteiger partial charge is 0.226 e. The summed E-state index contributed by atoms with van der Waals surface area (Å²) in [5.41, 5.74) is 1.92. The predicted molar refractivity (Wildman–Crippen MR) is 110 cm³/mol. The molecular formula is C22H28N2O4. The molecule has 0 aromatic heterocycles. The van der Waals surface area contributed by atoms with Crippen LogP contribution >= 0.6 is 0 Å². The molecule has 0 fully saturated rings. The number of para-hydroxylation sites is 1. The topological polar surface area (TPSA) is 67.9 Å². The normalized spacial score (nSPS) is 10.2. The monoisotopic (exact) mass is 384 g/mol. The third-order valence-corrected chi connectivity index (χ3v) is 4.42. The van der Waals surface area contributed by atoms with Crippen molar-refractivity contribution in [3.05, 3.63) is 54.1 Å². The third-order valence-electron chi connectivity index (χ3n) is 4.42. The molecular weight excluding hydrogens is 356 g/mol. The average Bonchev–Trinajstić information content (AvgIpc) is 2.71. The fraction of sp³-hybridized carbons (Fsp3) is 0.364. The first-order valence-electron chi connectivity index (χ1n) is 9.43. The van der Waals surface area contributed by atoms with Gasteiger partial charge in [0.05, 0.1) is 13.7 Å². The van der Waals surface area contributed by atoms with Crippen LogP contribution in [0.1, 0.15) is 25.8 Å². The van der Waals surface area contributed by atoms with Crippen molar-refractivity contribution in [3.8, 4) is 11.5 Å². The van der Waals surface area contributed by atoms with Gasteiger partial charge in [-0.3, -0.25) is 9.59 Å². The van der Waals surface area contributed by atoms with Crippen LogP contribution in [0.15, 0.2) is 48.5 Å². The first-order chi connectivity index (χ1) is 13.5. The van der Waals surface area contributed by atoms with Gasteiger partial charge in [-0.05, 0) is 42.3 Å². The molecule has 2 aromatic carbocycles. The van der Waals surface area contributed by atoms with Crippen molar-refractivity contribution >= 4 is 17.5 Å². The molecule has 0 aliphatic heterocycles. The number of carbonyl (C=O) groups is 2. The Labute approximate surface area is 166 Å². The number of benzene rings is 2. The van der Waals surface area contributed by atoms with E-state index < -0.39 is 0 Å². The molecule has 2 aromatic rings. The summed E-state index contributed by atoms with van der Waals surface area (Å²) in [6, 6.07) is 15.0. The molecule has 0 aliphatic rings. The van der Waals surface area contributed by atoms with E-state index in [4.69, 9.17) is 9.47 Å². The molecule has 6 nitrogen and oxygen atoms in total. The second kappa shape index (κ2) is 11.0. The SMILES string of the molecule is CCc1ccccc1NC(=O)CCN(CCOc1ccc(OC)cc1)C(C)=O. The van der Waals surface area contributed by atoms with Crippen LogP contribution < -0.4 is 14.8 Å². The second-order valence-corrected chi connectivity index (χ2v) is 6.34. The summed E-state index contributed by atoms with van der Waals surface area (Å²) in [4.78, 5) is 25.8. The van der Waals surface area contributed by atoms with E-state index in [1.54, 1.807) is 12.0 Å². The molecule has 1 N–H and O–H groups in total. The Morgan fingerprint density at radius 1 is 1.00 bits per heavy atom. The van der Waals surface area contributed by atoms with Gasteiger partial charge in [0, 0.05) is 25.6 Å². The maximum atomic E-state index is 12.3. The molecule has 0 bridgehead atoms. The van der Waals surface area contributed by atoms with E-state index in [-0.39, 0.29) is 18.2 Å². The van der Waals surface area contributed by atoms with Crippen LogP contribution in [0, 0.1) is 0 Å². The first-order valence-corrected chi connectivity index (χ1v) is 9.43. The minimum absolute atomic E-state index is 0.0833. The predicted octanol–water partition coefficient (Wildman–Crippen LogP) is 3.51. The Morgan fingerprint density at radius 3 is 2.32 bits per heavy atom. The van der Waals surface area contributed by atoms with Gasteiger partial charge in [-0.15, -0.1) is 0 Å². The van der Waals surface area contributed by atoms with Gasteiger partial charge >= 0.3 is 0 Å². The van der Waals surface area contributed by atoms with Crippen molar-refractivity contribution in [3.63, 3.8) is 0 Å². The molecule has 28 heavy (non-hydrogen) atoms. The zero-order valence-electron chi connectivity index (χ0n) is 16.7. The van der Waals surface area contributed by atoms with Gasteiger partial charge in [0.25, 0.3) is 0 Å². The van der Waals surface area contributed by atoms with Gasteiger partial charge in [0.1, 0.15) is 18.1 Å². The number of nitrogens with one attached hydrogen (secondary N) is 1. The van der Waals surface area contributed by atoms with E-state index in [1.165, 1.54) is 6.92 Å². The van der Waals surface area contributed by atoms with Gasteiger partial charge in [-0.1, -0.05) is 25.1 Å².